The van der Waals surface area contributed by atoms with Gasteiger partial charge in [0.15, 0.2) is 11.6 Å². The Morgan fingerprint density at radius 1 is 1.08 bits per heavy atom. The van der Waals surface area contributed by atoms with Crippen molar-refractivity contribution >= 4 is 41.1 Å². The number of aromatic carboxylic acids is 1. The van der Waals surface area contributed by atoms with Crippen molar-refractivity contribution in [2.75, 3.05) is 0 Å². The second-order valence-electron chi connectivity index (χ2n) is 8.80. The molecule has 192 valence electrons. The van der Waals surface area contributed by atoms with Gasteiger partial charge in [-0.2, -0.15) is 0 Å². The minimum atomic E-state index is -1.47. The van der Waals surface area contributed by atoms with E-state index in [1.807, 2.05) is 0 Å². The van der Waals surface area contributed by atoms with Crippen LogP contribution in [0.15, 0.2) is 47.0 Å². The second kappa shape index (κ2) is 9.41. The second-order valence-corrected chi connectivity index (χ2v) is 9.61. The highest BCUT2D eigenvalue weighted by molar-refractivity contribution is 6.39. The average molecular weight is 557 g/mol. The number of carboxylic acids is 1. The molecule has 0 saturated heterocycles. The van der Waals surface area contributed by atoms with Crippen molar-refractivity contribution in [2.24, 2.45) is 0 Å². The van der Waals surface area contributed by atoms with Gasteiger partial charge in [0.05, 0.1) is 21.2 Å². The van der Waals surface area contributed by atoms with Crippen LogP contribution in [0.25, 0.3) is 23.2 Å². The Labute approximate surface area is 224 Å². The van der Waals surface area contributed by atoms with Gasteiger partial charge in [-0.1, -0.05) is 34.4 Å². The zero-order chi connectivity index (χ0) is 26.6. The summed E-state index contributed by atoms with van der Waals surface area (Å²) in [6.07, 6.45) is 2.93. The number of pyridine rings is 1. The molecule has 2 aromatic heterocycles. The van der Waals surface area contributed by atoms with E-state index >= 15 is 4.39 Å². The summed E-state index contributed by atoms with van der Waals surface area (Å²) in [5.74, 6) is -2.33. The van der Waals surface area contributed by atoms with Gasteiger partial charge in [-0.3, -0.25) is 0 Å². The monoisotopic (exact) mass is 556 g/mol. The fourth-order valence-electron chi connectivity index (χ4n) is 4.21. The molecule has 6 rings (SSSR count). The number of benzene rings is 2. The minimum absolute atomic E-state index is 0.00238. The Morgan fingerprint density at radius 2 is 1.84 bits per heavy atom. The van der Waals surface area contributed by atoms with Crippen LogP contribution < -0.4 is 9.47 Å². The highest BCUT2D eigenvalue weighted by atomic mass is 35.5. The Balaban J connectivity index is 1.32. The van der Waals surface area contributed by atoms with Gasteiger partial charge in [0.1, 0.15) is 35.3 Å². The minimum Gasteiger partial charge on any atom is -0.478 e. The normalized spacial score (nSPS) is 14.2. The van der Waals surface area contributed by atoms with Crippen molar-refractivity contribution < 1.29 is 32.7 Å². The lowest BCUT2D eigenvalue weighted by Crippen LogP contribution is -2.03. The van der Waals surface area contributed by atoms with Gasteiger partial charge < -0.3 is 19.1 Å². The summed E-state index contributed by atoms with van der Waals surface area (Å²) >= 11 is 12.8. The van der Waals surface area contributed by atoms with Crippen molar-refractivity contribution in [1.82, 2.24) is 10.1 Å². The zero-order valence-corrected chi connectivity index (χ0v) is 20.8. The van der Waals surface area contributed by atoms with Crippen LogP contribution in [0.3, 0.4) is 0 Å². The number of hydrogen-bond donors (Lipinski definition) is 1. The van der Waals surface area contributed by atoms with Gasteiger partial charge in [-0.15, -0.1) is 0 Å². The largest absolute Gasteiger partial charge is 0.478 e. The summed E-state index contributed by atoms with van der Waals surface area (Å²) in [6, 6.07) is 9.94. The Kier molecular flexibility index (Phi) is 6.04. The van der Waals surface area contributed by atoms with E-state index in [1.165, 1.54) is 12.1 Å². The molecule has 7 nitrogen and oxygen atoms in total. The van der Waals surface area contributed by atoms with Crippen molar-refractivity contribution in [2.45, 2.75) is 25.4 Å². The highest BCUT2D eigenvalue weighted by Gasteiger charge is 2.34. The Bertz CT molecular complexity index is 1630. The van der Waals surface area contributed by atoms with Crippen LogP contribution in [0.4, 0.5) is 8.78 Å². The number of halogens is 4. The molecule has 1 fully saturated rings. The van der Waals surface area contributed by atoms with E-state index in [0.717, 1.165) is 31.1 Å². The number of ether oxygens (including phenoxy) is 2. The van der Waals surface area contributed by atoms with E-state index in [9.17, 15) is 14.3 Å². The number of rotatable bonds is 6. The number of carbonyl (C=O) groups is 1. The predicted octanol–water partition coefficient (Wildman–Crippen LogP) is 7.91. The Hall–Kier alpha value is -3.95. The van der Waals surface area contributed by atoms with Crippen molar-refractivity contribution in [3.05, 3.63) is 86.5 Å². The molecule has 1 N–H and O–H groups in total. The molecule has 3 heterocycles. The van der Waals surface area contributed by atoms with Crippen LogP contribution in [0.1, 0.15) is 51.7 Å². The quantitative estimate of drug-likeness (QED) is 0.257. The number of nitrogens with zero attached hydrogens (tertiary/aromatic N) is 2. The maximum atomic E-state index is 15.1. The average Bonchev–Trinajstić information content (AvgIpc) is 3.66. The van der Waals surface area contributed by atoms with E-state index in [0.29, 0.717) is 32.6 Å². The number of fused-ring (bicyclic) bond motifs is 2. The smallest absolute Gasteiger partial charge is 0.338 e. The van der Waals surface area contributed by atoms with Crippen molar-refractivity contribution in [3.63, 3.8) is 0 Å². The van der Waals surface area contributed by atoms with Crippen LogP contribution in [-0.4, -0.2) is 21.2 Å². The lowest BCUT2D eigenvalue weighted by molar-refractivity contribution is 0.0691. The molecule has 1 aliphatic carbocycles. The van der Waals surface area contributed by atoms with Gasteiger partial charge in [0.2, 0.25) is 5.88 Å². The van der Waals surface area contributed by atoms with Crippen LogP contribution >= 0.6 is 23.2 Å². The first-order chi connectivity index (χ1) is 18.3. The molecular formula is C27H16Cl2F2N2O5. The molecule has 0 bridgehead atoms. The first-order valence-electron chi connectivity index (χ1n) is 11.5. The van der Waals surface area contributed by atoms with Gasteiger partial charge in [0, 0.05) is 23.1 Å². The standard InChI is InChI=1S/C27H16Cl2F2N2O5/c28-16-2-1-3-17(29)23(16)24-15(26(38-33-24)12-4-5-12)11-36-22-7-6-20-25(32-22)19(31)9-13-8-18(30)14(27(34)35)10-21(13)37-20/h1-3,6-10,12H,4-5,11H2,(H,34,35). The molecule has 0 spiro atoms. The summed E-state index contributed by atoms with van der Waals surface area (Å²) in [4.78, 5) is 15.5. The first-order valence-corrected chi connectivity index (χ1v) is 12.2. The van der Waals surface area contributed by atoms with E-state index in [-0.39, 0.29) is 41.2 Å². The molecule has 1 aliphatic heterocycles. The lowest BCUT2D eigenvalue weighted by Gasteiger charge is -2.12. The summed E-state index contributed by atoms with van der Waals surface area (Å²) in [7, 11) is 0. The molecule has 0 radical (unpaired) electrons. The van der Waals surface area contributed by atoms with Crippen LogP contribution in [0.2, 0.25) is 10.0 Å². The molecule has 1 saturated carbocycles. The molecule has 2 aromatic carbocycles. The third kappa shape index (κ3) is 4.37. The van der Waals surface area contributed by atoms with Gasteiger partial charge >= 0.3 is 5.97 Å². The molecule has 0 atom stereocenters. The third-order valence-electron chi connectivity index (χ3n) is 6.22. The summed E-state index contributed by atoms with van der Waals surface area (Å²) < 4.78 is 46.5. The van der Waals surface area contributed by atoms with E-state index < -0.39 is 23.2 Å². The fourth-order valence-corrected chi connectivity index (χ4v) is 4.79. The topological polar surface area (TPSA) is 94.7 Å². The molecule has 11 heteroatoms. The van der Waals surface area contributed by atoms with Crippen LogP contribution in [-0.2, 0) is 6.61 Å². The highest BCUT2D eigenvalue weighted by Crippen LogP contribution is 2.46. The SMILES string of the molecule is O=C(O)c1cc2c(cc1F)C=C(F)c1nc(OCc3c(-c4c(Cl)cccc4Cl)noc3C3CC3)ccc1O2. The van der Waals surface area contributed by atoms with E-state index in [1.54, 1.807) is 18.2 Å². The lowest BCUT2D eigenvalue weighted by atomic mass is 10.0. The maximum absolute atomic E-state index is 15.1. The third-order valence-corrected chi connectivity index (χ3v) is 6.85. The van der Waals surface area contributed by atoms with Crippen molar-refractivity contribution in [1.29, 1.82) is 0 Å². The van der Waals surface area contributed by atoms with Gasteiger partial charge in [0.25, 0.3) is 0 Å². The van der Waals surface area contributed by atoms with E-state index in [2.05, 4.69) is 10.1 Å². The summed E-state index contributed by atoms with van der Waals surface area (Å²) in [6.45, 7) is -0.00238. The Morgan fingerprint density at radius 3 is 2.55 bits per heavy atom. The number of aromatic nitrogens is 2. The fraction of sp³-hybridized carbons (Fsp3) is 0.148. The summed E-state index contributed by atoms with van der Waals surface area (Å²) in [5, 5.41) is 14.2. The maximum Gasteiger partial charge on any atom is 0.338 e. The predicted molar refractivity (Wildman–Crippen MR) is 135 cm³/mol. The molecular weight excluding hydrogens is 541 g/mol. The van der Waals surface area contributed by atoms with Gasteiger partial charge in [-0.25, -0.2) is 18.6 Å². The number of carboxylic acid groups (broad SMARTS) is 1. The van der Waals surface area contributed by atoms with Gasteiger partial charge in [-0.05, 0) is 49.2 Å². The van der Waals surface area contributed by atoms with Crippen LogP contribution in [0.5, 0.6) is 17.4 Å². The summed E-state index contributed by atoms with van der Waals surface area (Å²) in [5.41, 5.74) is 0.897. The van der Waals surface area contributed by atoms with E-state index in [4.69, 9.17) is 37.2 Å². The van der Waals surface area contributed by atoms with Crippen molar-refractivity contribution in [3.8, 4) is 28.6 Å². The molecule has 4 aromatic rings. The zero-order valence-electron chi connectivity index (χ0n) is 19.3. The molecule has 38 heavy (non-hydrogen) atoms. The van der Waals surface area contributed by atoms with Crippen LogP contribution in [0, 0.1) is 5.82 Å². The molecule has 2 aliphatic rings. The molecule has 0 unspecified atom stereocenters. The first kappa shape index (κ1) is 24.4. The number of hydrogen-bond acceptors (Lipinski definition) is 6. The molecule has 0 amide bonds.